The Kier molecular flexibility index (Phi) is 3.79. The van der Waals surface area contributed by atoms with Crippen molar-refractivity contribution in [3.63, 3.8) is 0 Å². The number of rotatable bonds is 3. The molecule has 0 aliphatic carbocycles. The van der Waals surface area contributed by atoms with Gasteiger partial charge in [0, 0.05) is 7.05 Å². The molecule has 2 N–H and O–H groups in total. The lowest BCUT2D eigenvalue weighted by atomic mass is 10.2. The molecule has 0 aliphatic heterocycles. The molecule has 0 aliphatic rings. The highest BCUT2D eigenvalue weighted by atomic mass is 16.6. The standard InChI is InChI=1S/C9H15BN2O5/c1-9(2,3)16-8(13)7-6(17-10(14)15)5-12(4)11-7/h5,14-15H,1-4H3. The van der Waals surface area contributed by atoms with E-state index in [2.05, 4.69) is 9.75 Å². The maximum atomic E-state index is 11.7. The highest BCUT2D eigenvalue weighted by Gasteiger charge is 2.26. The second-order valence-corrected chi connectivity index (χ2v) is 4.46. The molecule has 1 aromatic rings. The van der Waals surface area contributed by atoms with E-state index in [1.807, 2.05) is 0 Å². The third-order valence-corrected chi connectivity index (χ3v) is 1.62. The number of hydrogen-bond donors (Lipinski definition) is 2. The Morgan fingerprint density at radius 1 is 1.47 bits per heavy atom. The molecule has 0 fully saturated rings. The van der Waals surface area contributed by atoms with Crippen molar-refractivity contribution in [3.05, 3.63) is 11.9 Å². The van der Waals surface area contributed by atoms with Crippen LogP contribution in [-0.4, -0.2) is 38.7 Å². The van der Waals surface area contributed by atoms with Crippen LogP contribution in [0.15, 0.2) is 6.20 Å². The van der Waals surface area contributed by atoms with E-state index in [0.717, 1.165) is 0 Å². The predicted octanol–water partition coefficient (Wildman–Crippen LogP) is -0.276. The SMILES string of the molecule is Cn1cc(OB(O)O)c(C(=O)OC(C)(C)C)n1. The Morgan fingerprint density at radius 2 is 2.06 bits per heavy atom. The Hall–Kier alpha value is -1.54. The van der Waals surface area contributed by atoms with Crippen LogP contribution >= 0.6 is 0 Å². The van der Waals surface area contributed by atoms with Crippen molar-refractivity contribution in [3.8, 4) is 5.75 Å². The van der Waals surface area contributed by atoms with Gasteiger partial charge >= 0.3 is 13.3 Å². The average Bonchev–Trinajstić information content (AvgIpc) is 2.42. The summed E-state index contributed by atoms with van der Waals surface area (Å²) >= 11 is 0. The minimum Gasteiger partial charge on any atom is -0.509 e. The predicted molar refractivity (Wildman–Crippen MR) is 59.2 cm³/mol. The first-order valence-electron chi connectivity index (χ1n) is 4.99. The van der Waals surface area contributed by atoms with Crippen molar-refractivity contribution in [1.82, 2.24) is 9.78 Å². The number of carbonyl (C=O) groups excluding carboxylic acids is 1. The molecular formula is C9H15BN2O5. The van der Waals surface area contributed by atoms with E-state index >= 15 is 0 Å². The molecule has 0 radical (unpaired) electrons. The number of aromatic nitrogens is 2. The maximum absolute atomic E-state index is 11.7. The summed E-state index contributed by atoms with van der Waals surface area (Å²) in [6, 6.07) is 0. The van der Waals surface area contributed by atoms with Gasteiger partial charge in [0.05, 0.1) is 6.20 Å². The van der Waals surface area contributed by atoms with Gasteiger partial charge in [0.25, 0.3) is 0 Å². The molecule has 0 unspecified atom stereocenters. The second kappa shape index (κ2) is 4.76. The lowest BCUT2D eigenvalue weighted by Crippen LogP contribution is -2.26. The van der Waals surface area contributed by atoms with Crippen LogP contribution in [0.2, 0.25) is 0 Å². The highest BCUT2D eigenvalue weighted by Crippen LogP contribution is 2.20. The summed E-state index contributed by atoms with van der Waals surface area (Å²) in [5.41, 5.74) is -0.764. The zero-order valence-electron chi connectivity index (χ0n) is 10.2. The van der Waals surface area contributed by atoms with E-state index in [1.165, 1.54) is 10.9 Å². The first-order valence-corrected chi connectivity index (χ1v) is 4.99. The van der Waals surface area contributed by atoms with E-state index in [4.69, 9.17) is 14.8 Å². The van der Waals surface area contributed by atoms with Gasteiger partial charge in [-0.3, -0.25) is 4.68 Å². The van der Waals surface area contributed by atoms with Gasteiger partial charge in [0.2, 0.25) is 5.69 Å². The van der Waals surface area contributed by atoms with Gasteiger partial charge < -0.3 is 19.4 Å². The van der Waals surface area contributed by atoms with Crippen molar-refractivity contribution >= 4 is 13.3 Å². The zero-order valence-corrected chi connectivity index (χ0v) is 10.2. The van der Waals surface area contributed by atoms with Crippen LogP contribution < -0.4 is 4.65 Å². The summed E-state index contributed by atoms with van der Waals surface area (Å²) < 4.78 is 11.0. The van der Waals surface area contributed by atoms with Gasteiger partial charge in [-0.05, 0) is 20.8 Å². The molecule has 0 saturated carbocycles. The van der Waals surface area contributed by atoms with Crippen LogP contribution in [-0.2, 0) is 11.8 Å². The van der Waals surface area contributed by atoms with Gasteiger partial charge in [-0.25, -0.2) is 4.79 Å². The molecule has 0 bridgehead atoms. The molecule has 0 aromatic carbocycles. The minimum atomic E-state index is -2.01. The molecule has 0 spiro atoms. The monoisotopic (exact) mass is 242 g/mol. The van der Waals surface area contributed by atoms with E-state index in [0.29, 0.717) is 0 Å². The van der Waals surface area contributed by atoms with Crippen LogP contribution in [0.5, 0.6) is 5.75 Å². The van der Waals surface area contributed by atoms with Gasteiger partial charge in [-0.15, -0.1) is 0 Å². The van der Waals surface area contributed by atoms with Crippen molar-refractivity contribution in [2.24, 2.45) is 7.05 Å². The fraction of sp³-hybridized carbons (Fsp3) is 0.556. The third-order valence-electron chi connectivity index (χ3n) is 1.62. The van der Waals surface area contributed by atoms with E-state index in [9.17, 15) is 4.79 Å². The Balaban J connectivity index is 2.93. The third kappa shape index (κ3) is 4.08. The number of carbonyl (C=O) groups is 1. The van der Waals surface area contributed by atoms with Gasteiger partial charge in [0.1, 0.15) is 5.60 Å². The van der Waals surface area contributed by atoms with Crippen LogP contribution in [0.25, 0.3) is 0 Å². The Bertz CT molecular complexity index is 410. The van der Waals surface area contributed by atoms with Crippen molar-refractivity contribution < 1.29 is 24.2 Å². The molecule has 1 aromatic heterocycles. The molecule has 17 heavy (non-hydrogen) atoms. The highest BCUT2D eigenvalue weighted by molar-refractivity contribution is 6.34. The lowest BCUT2D eigenvalue weighted by molar-refractivity contribution is 0.00600. The Labute approximate surface area is 99.1 Å². The van der Waals surface area contributed by atoms with E-state index in [1.54, 1.807) is 27.8 Å². The summed E-state index contributed by atoms with van der Waals surface area (Å²) in [7, 11) is -0.440. The summed E-state index contributed by atoms with van der Waals surface area (Å²) in [4.78, 5) is 11.7. The van der Waals surface area contributed by atoms with E-state index in [-0.39, 0.29) is 11.4 Å². The second-order valence-electron chi connectivity index (χ2n) is 4.46. The molecule has 1 heterocycles. The molecule has 0 saturated heterocycles. The molecule has 8 heteroatoms. The summed E-state index contributed by atoms with van der Waals surface area (Å²) in [6.07, 6.45) is 1.35. The smallest absolute Gasteiger partial charge is 0.509 e. The minimum absolute atomic E-state index is 0.0447. The molecule has 7 nitrogen and oxygen atoms in total. The number of aryl methyl sites for hydroxylation is 1. The summed E-state index contributed by atoms with van der Waals surface area (Å²) in [5.74, 6) is -0.731. The molecule has 0 atom stereocenters. The van der Waals surface area contributed by atoms with Gasteiger partial charge in [-0.1, -0.05) is 0 Å². The largest absolute Gasteiger partial charge is 0.707 e. The van der Waals surface area contributed by atoms with Crippen molar-refractivity contribution in [2.75, 3.05) is 0 Å². The molecule has 94 valence electrons. The quantitative estimate of drug-likeness (QED) is 0.559. The number of hydrogen-bond acceptors (Lipinski definition) is 6. The van der Waals surface area contributed by atoms with Crippen molar-refractivity contribution in [1.29, 1.82) is 0 Å². The topological polar surface area (TPSA) is 93.8 Å². The van der Waals surface area contributed by atoms with Crippen LogP contribution in [0.4, 0.5) is 0 Å². The van der Waals surface area contributed by atoms with Crippen LogP contribution in [0, 0.1) is 0 Å². The fourth-order valence-corrected chi connectivity index (χ4v) is 1.13. The molecular weight excluding hydrogens is 227 g/mol. The van der Waals surface area contributed by atoms with Gasteiger partial charge in [-0.2, -0.15) is 5.10 Å². The first-order chi connectivity index (χ1) is 7.69. The fourth-order valence-electron chi connectivity index (χ4n) is 1.13. The molecule has 1 rings (SSSR count). The average molecular weight is 242 g/mol. The van der Waals surface area contributed by atoms with E-state index < -0.39 is 18.9 Å². The first kappa shape index (κ1) is 13.5. The van der Waals surface area contributed by atoms with Gasteiger partial charge in [0.15, 0.2) is 5.75 Å². The summed E-state index contributed by atoms with van der Waals surface area (Å²) in [5, 5.41) is 21.2. The number of esters is 1. The molecule has 0 amide bonds. The normalized spacial score (nSPS) is 11.2. The number of ether oxygens (including phenoxy) is 1. The Morgan fingerprint density at radius 3 is 2.53 bits per heavy atom. The lowest BCUT2D eigenvalue weighted by Gasteiger charge is -2.18. The number of nitrogens with zero attached hydrogens (tertiary/aromatic N) is 2. The summed E-state index contributed by atoms with van der Waals surface area (Å²) in [6.45, 7) is 5.15. The maximum Gasteiger partial charge on any atom is 0.707 e. The van der Waals surface area contributed by atoms with Crippen molar-refractivity contribution in [2.45, 2.75) is 26.4 Å². The zero-order chi connectivity index (χ0) is 13.2. The van der Waals surface area contributed by atoms with Crippen LogP contribution in [0.1, 0.15) is 31.3 Å². The van der Waals surface area contributed by atoms with Crippen LogP contribution in [0.3, 0.4) is 0 Å².